The van der Waals surface area contributed by atoms with E-state index in [-0.39, 0.29) is 17.5 Å². The summed E-state index contributed by atoms with van der Waals surface area (Å²) < 4.78 is 0. The fraction of sp³-hybridized carbons (Fsp3) is 0.429. The van der Waals surface area contributed by atoms with Crippen LogP contribution in [0.25, 0.3) is 0 Å². The molecule has 0 bridgehead atoms. The third-order valence-corrected chi connectivity index (χ3v) is 5.56. The van der Waals surface area contributed by atoms with E-state index in [0.29, 0.717) is 5.56 Å². The number of aryl methyl sites for hydroxylation is 1. The fourth-order valence-corrected chi connectivity index (χ4v) is 4.09. The second-order valence-electron chi connectivity index (χ2n) is 7.16. The number of nitrogens with one attached hydrogen (secondary N) is 1. The van der Waals surface area contributed by atoms with Crippen LogP contribution in [0.5, 0.6) is 0 Å². The molecule has 2 aromatic rings. The maximum Gasteiger partial charge on any atom is 0.253 e. The summed E-state index contributed by atoms with van der Waals surface area (Å²) in [7, 11) is 4.26. The van der Waals surface area contributed by atoms with Crippen LogP contribution in [0, 0.1) is 6.92 Å². The average Bonchev–Trinajstić information content (AvgIpc) is 3.11. The van der Waals surface area contributed by atoms with Crippen LogP contribution in [0.4, 0.5) is 0 Å². The molecule has 0 radical (unpaired) electrons. The smallest absolute Gasteiger partial charge is 0.253 e. The van der Waals surface area contributed by atoms with Gasteiger partial charge in [0.2, 0.25) is 0 Å². The van der Waals surface area contributed by atoms with Gasteiger partial charge in [-0.05, 0) is 51.6 Å². The molecule has 1 heterocycles. The van der Waals surface area contributed by atoms with Crippen LogP contribution >= 0.6 is 0 Å². The Bertz CT molecular complexity index is 721. The normalized spacial score (nSPS) is 17.4. The van der Waals surface area contributed by atoms with Crippen LogP contribution in [0.3, 0.4) is 0 Å². The Labute approximate surface area is 150 Å². The first-order valence-corrected chi connectivity index (χ1v) is 8.99. The van der Waals surface area contributed by atoms with Crippen molar-refractivity contribution in [2.75, 3.05) is 14.1 Å². The number of hydrogen-bond donors (Lipinski definition) is 1. The highest BCUT2D eigenvalue weighted by molar-refractivity contribution is 5.95. The predicted molar refractivity (Wildman–Crippen MR) is 101 cm³/mol. The van der Waals surface area contributed by atoms with Crippen molar-refractivity contribution in [2.45, 2.75) is 44.2 Å². The predicted octanol–water partition coefficient (Wildman–Crippen LogP) is 3.74. The van der Waals surface area contributed by atoms with Gasteiger partial charge < -0.3 is 10.2 Å². The molecule has 1 unspecified atom stereocenters. The van der Waals surface area contributed by atoms with Crippen LogP contribution in [0.15, 0.2) is 48.7 Å². The first-order chi connectivity index (χ1) is 12.0. The number of aromatic nitrogens is 1. The lowest BCUT2D eigenvalue weighted by Gasteiger charge is -2.44. The van der Waals surface area contributed by atoms with Crippen LogP contribution in [-0.4, -0.2) is 35.4 Å². The molecule has 4 nitrogen and oxygen atoms in total. The molecule has 0 aliphatic heterocycles. The summed E-state index contributed by atoms with van der Waals surface area (Å²) in [5, 5.41) is 3.33. The van der Waals surface area contributed by atoms with Gasteiger partial charge >= 0.3 is 0 Å². The van der Waals surface area contributed by atoms with Crippen LogP contribution in [-0.2, 0) is 0 Å². The van der Waals surface area contributed by atoms with Crippen LogP contribution in [0.1, 0.15) is 53.3 Å². The highest BCUT2D eigenvalue weighted by atomic mass is 16.1. The molecule has 1 aliphatic carbocycles. The quantitative estimate of drug-likeness (QED) is 0.904. The van der Waals surface area contributed by atoms with E-state index >= 15 is 0 Å². The molecule has 1 amide bonds. The summed E-state index contributed by atoms with van der Waals surface area (Å²) in [6.45, 7) is 1.88. The molecule has 1 aromatic carbocycles. The molecule has 1 saturated carbocycles. The minimum Gasteiger partial charge on any atom is -0.343 e. The van der Waals surface area contributed by atoms with E-state index in [1.54, 1.807) is 6.20 Å². The van der Waals surface area contributed by atoms with E-state index in [0.717, 1.165) is 24.1 Å². The van der Waals surface area contributed by atoms with E-state index in [1.165, 1.54) is 12.8 Å². The second kappa shape index (κ2) is 7.36. The number of benzene rings is 1. The Morgan fingerprint density at radius 3 is 2.40 bits per heavy atom. The van der Waals surface area contributed by atoms with E-state index in [9.17, 15) is 4.79 Å². The number of nitrogens with zero attached hydrogens (tertiary/aromatic N) is 2. The Hall–Kier alpha value is -2.20. The van der Waals surface area contributed by atoms with Gasteiger partial charge in [-0.25, -0.2) is 0 Å². The lowest BCUT2D eigenvalue weighted by molar-refractivity contribution is 0.0765. The highest BCUT2D eigenvalue weighted by Gasteiger charge is 2.44. The van der Waals surface area contributed by atoms with Crippen LogP contribution in [0.2, 0.25) is 0 Å². The molecule has 3 rings (SSSR count). The number of carbonyl (C=O) groups excluding carboxylic acids is 1. The molecule has 132 valence electrons. The van der Waals surface area contributed by atoms with Gasteiger partial charge in [0.25, 0.3) is 5.91 Å². The largest absolute Gasteiger partial charge is 0.343 e. The van der Waals surface area contributed by atoms with Crippen molar-refractivity contribution in [1.82, 2.24) is 15.2 Å². The fourth-order valence-electron chi connectivity index (χ4n) is 4.09. The molecule has 1 atom stereocenters. The van der Waals surface area contributed by atoms with Gasteiger partial charge in [-0.1, -0.05) is 43.2 Å². The Balaban J connectivity index is 1.98. The van der Waals surface area contributed by atoms with Crippen molar-refractivity contribution in [2.24, 2.45) is 0 Å². The number of carbonyl (C=O) groups is 1. The summed E-state index contributed by atoms with van der Waals surface area (Å²) in [5.41, 5.74) is 2.52. The molecule has 4 heteroatoms. The number of hydrogen-bond acceptors (Lipinski definition) is 3. The second-order valence-corrected chi connectivity index (χ2v) is 7.16. The van der Waals surface area contributed by atoms with Crippen molar-refractivity contribution < 1.29 is 4.79 Å². The first kappa shape index (κ1) is 17.6. The zero-order valence-electron chi connectivity index (χ0n) is 15.3. The van der Waals surface area contributed by atoms with Crippen molar-refractivity contribution >= 4 is 5.91 Å². The van der Waals surface area contributed by atoms with Crippen LogP contribution < -0.4 is 5.32 Å². The van der Waals surface area contributed by atoms with Gasteiger partial charge in [-0.15, -0.1) is 0 Å². The molecule has 1 aromatic heterocycles. The topological polar surface area (TPSA) is 45.2 Å². The SMILES string of the molecule is Cc1ncccc1C(=O)NC(c1ccccc1)C1(N(C)C)CCCC1. The number of amides is 1. The van der Waals surface area contributed by atoms with E-state index in [4.69, 9.17) is 0 Å². The Kier molecular flexibility index (Phi) is 5.19. The molecule has 1 fully saturated rings. The Morgan fingerprint density at radius 1 is 1.12 bits per heavy atom. The summed E-state index contributed by atoms with van der Waals surface area (Å²) in [4.78, 5) is 19.6. The van der Waals surface area contributed by atoms with E-state index in [1.807, 2.05) is 37.3 Å². The molecule has 1 aliphatic rings. The maximum atomic E-state index is 13.0. The number of pyridine rings is 1. The molecule has 0 spiro atoms. The average molecular weight is 337 g/mol. The van der Waals surface area contributed by atoms with Crippen molar-refractivity contribution in [3.8, 4) is 0 Å². The standard InChI is InChI=1S/C21H27N3O/c1-16-18(12-9-15-22-16)20(25)23-19(17-10-5-4-6-11-17)21(24(2)3)13-7-8-14-21/h4-6,9-12,15,19H,7-8,13-14H2,1-3H3,(H,23,25). The van der Waals surface area contributed by atoms with Gasteiger partial charge in [0.15, 0.2) is 0 Å². The van der Waals surface area contributed by atoms with Gasteiger partial charge in [0.1, 0.15) is 0 Å². The van der Waals surface area contributed by atoms with E-state index in [2.05, 4.69) is 41.4 Å². The molecular weight excluding hydrogens is 310 g/mol. The lowest BCUT2D eigenvalue weighted by atomic mass is 9.82. The molecule has 25 heavy (non-hydrogen) atoms. The molecular formula is C21H27N3O. The highest BCUT2D eigenvalue weighted by Crippen LogP contribution is 2.43. The third-order valence-electron chi connectivity index (χ3n) is 5.56. The number of likely N-dealkylation sites (N-methyl/N-ethyl adjacent to an activating group) is 1. The molecule has 1 N–H and O–H groups in total. The zero-order chi connectivity index (χ0) is 17.9. The lowest BCUT2D eigenvalue weighted by Crippen LogP contribution is -2.53. The number of rotatable bonds is 5. The first-order valence-electron chi connectivity index (χ1n) is 8.99. The minimum atomic E-state index is -0.0485. The minimum absolute atomic E-state index is 0.0432. The summed E-state index contributed by atoms with van der Waals surface area (Å²) >= 11 is 0. The van der Waals surface area contributed by atoms with Gasteiger partial charge in [-0.3, -0.25) is 9.78 Å². The summed E-state index contributed by atoms with van der Waals surface area (Å²) in [5.74, 6) is -0.0485. The van der Waals surface area contributed by atoms with E-state index < -0.39 is 0 Å². The maximum absolute atomic E-state index is 13.0. The summed E-state index contributed by atoms with van der Waals surface area (Å²) in [6, 6.07) is 14.0. The van der Waals surface area contributed by atoms with Gasteiger partial charge in [-0.2, -0.15) is 0 Å². The van der Waals surface area contributed by atoms with Crippen molar-refractivity contribution in [3.05, 3.63) is 65.5 Å². The molecule has 0 saturated heterocycles. The van der Waals surface area contributed by atoms with Crippen molar-refractivity contribution in [3.63, 3.8) is 0 Å². The van der Waals surface area contributed by atoms with Gasteiger partial charge in [0.05, 0.1) is 11.6 Å². The summed E-state index contributed by atoms with van der Waals surface area (Å²) in [6.07, 6.45) is 6.30. The zero-order valence-corrected chi connectivity index (χ0v) is 15.3. The monoisotopic (exact) mass is 337 g/mol. The van der Waals surface area contributed by atoms with Crippen molar-refractivity contribution in [1.29, 1.82) is 0 Å². The van der Waals surface area contributed by atoms with Gasteiger partial charge in [0, 0.05) is 17.4 Å². The third kappa shape index (κ3) is 3.45. The Morgan fingerprint density at radius 2 is 1.80 bits per heavy atom.